The van der Waals surface area contributed by atoms with E-state index < -0.39 is 0 Å². The van der Waals surface area contributed by atoms with Crippen LogP contribution in [0.3, 0.4) is 0 Å². The highest BCUT2D eigenvalue weighted by atomic mass is 16.1. The molecule has 0 aromatic heterocycles. The van der Waals surface area contributed by atoms with Crippen LogP contribution in [-0.2, 0) is 6.42 Å². The van der Waals surface area contributed by atoms with Gasteiger partial charge in [-0.2, -0.15) is 0 Å². The Labute approximate surface area is 97.1 Å². The van der Waals surface area contributed by atoms with E-state index in [0.717, 1.165) is 18.5 Å². The van der Waals surface area contributed by atoms with Crippen molar-refractivity contribution in [2.75, 3.05) is 13.6 Å². The van der Waals surface area contributed by atoms with Gasteiger partial charge in [0.1, 0.15) is 0 Å². The largest absolute Gasteiger partial charge is 0.319 e. The van der Waals surface area contributed by atoms with Gasteiger partial charge in [-0.05, 0) is 56.3 Å². The molecule has 1 aliphatic carbocycles. The number of nitrogens with one attached hydrogen (secondary N) is 1. The summed E-state index contributed by atoms with van der Waals surface area (Å²) in [6.07, 6.45) is 3.65. The van der Waals surface area contributed by atoms with Crippen molar-refractivity contribution in [1.29, 1.82) is 0 Å². The Bertz CT molecular complexity index is 398. The fraction of sp³-hybridized carbons (Fsp3) is 0.500. The number of carbonyl (C=O) groups excluding carboxylic acids is 1. The van der Waals surface area contributed by atoms with E-state index in [1.54, 1.807) is 6.92 Å². The van der Waals surface area contributed by atoms with Crippen LogP contribution >= 0.6 is 0 Å². The molecule has 0 heterocycles. The monoisotopic (exact) mass is 217 g/mol. The van der Waals surface area contributed by atoms with Gasteiger partial charge in [-0.1, -0.05) is 12.1 Å². The molecule has 0 amide bonds. The number of Topliss-reactive ketones (excluding diaryl/α,β-unsaturated/α-hetero) is 1. The Kier molecular flexibility index (Phi) is 3.39. The smallest absolute Gasteiger partial charge is 0.159 e. The molecule has 0 unspecified atom stereocenters. The Morgan fingerprint density at radius 1 is 1.50 bits per heavy atom. The molecule has 1 atom stereocenters. The van der Waals surface area contributed by atoms with Gasteiger partial charge >= 0.3 is 0 Å². The second kappa shape index (κ2) is 4.79. The van der Waals surface area contributed by atoms with Crippen molar-refractivity contribution in [1.82, 2.24) is 5.32 Å². The summed E-state index contributed by atoms with van der Waals surface area (Å²) >= 11 is 0. The minimum Gasteiger partial charge on any atom is -0.319 e. The fourth-order valence-corrected chi connectivity index (χ4v) is 2.57. The zero-order valence-electron chi connectivity index (χ0n) is 10.0. The van der Waals surface area contributed by atoms with Crippen LogP contribution in [0.15, 0.2) is 18.2 Å². The summed E-state index contributed by atoms with van der Waals surface area (Å²) in [7, 11) is 1.99. The quantitative estimate of drug-likeness (QED) is 0.788. The molecular formula is C14H19NO. The van der Waals surface area contributed by atoms with E-state index in [2.05, 4.69) is 17.4 Å². The van der Waals surface area contributed by atoms with Crippen LogP contribution in [0.2, 0.25) is 0 Å². The highest BCUT2D eigenvalue weighted by Gasteiger charge is 2.20. The van der Waals surface area contributed by atoms with E-state index in [9.17, 15) is 4.79 Å². The zero-order valence-corrected chi connectivity index (χ0v) is 10.0. The van der Waals surface area contributed by atoms with Crippen molar-refractivity contribution >= 4 is 5.78 Å². The van der Waals surface area contributed by atoms with E-state index in [4.69, 9.17) is 0 Å². The van der Waals surface area contributed by atoms with E-state index >= 15 is 0 Å². The van der Waals surface area contributed by atoms with Crippen molar-refractivity contribution in [3.05, 3.63) is 34.9 Å². The number of hydrogen-bond donors (Lipinski definition) is 1. The lowest BCUT2D eigenvalue weighted by atomic mass is 9.81. The number of rotatable bonds is 3. The number of carbonyl (C=O) groups is 1. The van der Waals surface area contributed by atoms with Crippen LogP contribution in [0, 0.1) is 0 Å². The maximum absolute atomic E-state index is 11.4. The number of aryl methyl sites for hydroxylation is 1. The molecule has 16 heavy (non-hydrogen) atoms. The maximum Gasteiger partial charge on any atom is 0.159 e. The number of hydrogen-bond acceptors (Lipinski definition) is 2. The molecule has 1 N–H and O–H groups in total. The van der Waals surface area contributed by atoms with Crippen molar-refractivity contribution in [3.8, 4) is 0 Å². The SMILES string of the molecule is CNC[C@H]1CCCc2ccc(C(C)=O)cc21. The van der Waals surface area contributed by atoms with Crippen molar-refractivity contribution in [3.63, 3.8) is 0 Å². The number of likely N-dealkylation sites (N-methyl/N-ethyl adjacent to an activating group) is 1. The van der Waals surface area contributed by atoms with Gasteiger partial charge in [0.25, 0.3) is 0 Å². The Morgan fingerprint density at radius 2 is 2.31 bits per heavy atom. The Balaban J connectivity index is 2.36. The second-order valence-electron chi connectivity index (χ2n) is 4.62. The molecule has 1 aromatic carbocycles. The molecule has 0 saturated heterocycles. The highest BCUT2D eigenvalue weighted by molar-refractivity contribution is 5.94. The van der Waals surface area contributed by atoms with Gasteiger partial charge < -0.3 is 5.32 Å². The van der Waals surface area contributed by atoms with E-state index in [0.29, 0.717) is 5.92 Å². The van der Waals surface area contributed by atoms with E-state index in [1.807, 2.05) is 13.1 Å². The van der Waals surface area contributed by atoms with Gasteiger partial charge in [0.15, 0.2) is 5.78 Å². The van der Waals surface area contributed by atoms with Crippen LogP contribution in [-0.4, -0.2) is 19.4 Å². The molecule has 0 spiro atoms. The lowest BCUT2D eigenvalue weighted by molar-refractivity contribution is 0.101. The third kappa shape index (κ3) is 2.17. The number of fused-ring (bicyclic) bond motifs is 1. The summed E-state index contributed by atoms with van der Waals surface area (Å²) in [5.41, 5.74) is 3.66. The molecule has 2 nitrogen and oxygen atoms in total. The fourth-order valence-electron chi connectivity index (χ4n) is 2.57. The summed E-state index contributed by atoms with van der Waals surface area (Å²) in [4.78, 5) is 11.4. The molecule has 0 aliphatic heterocycles. The van der Waals surface area contributed by atoms with E-state index in [1.165, 1.54) is 24.0 Å². The molecule has 2 heteroatoms. The summed E-state index contributed by atoms with van der Waals surface area (Å²) < 4.78 is 0. The van der Waals surface area contributed by atoms with Crippen LogP contribution in [0.25, 0.3) is 0 Å². The molecule has 0 saturated carbocycles. The predicted octanol–water partition coefficient (Wildman–Crippen LogP) is 2.53. The van der Waals surface area contributed by atoms with Crippen LogP contribution < -0.4 is 5.32 Å². The lowest BCUT2D eigenvalue weighted by Gasteiger charge is -2.25. The molecule has 1 aliphatic rings. The third-order valence-corrected chi connectivity index (χ3v) is 3.44. The topological polar surface area (TPSA) is 29.1 Å². The lowest BCUT2D eigenvalue weighted by Crippen LogP contribution is -2.21. The summed E-state index contributed by atoms with van der Waals surface area (Å²) in [6.45, 7) is 2.64. The normalized spacial score (nSPS) is 19.2. The van der Waals surface area contributed by atoms with Gasteiger partial charge in [-0.15, -0.1) is 0 Å². The average Bonchev–Trinajstić information content (AvgIpc) is 2.29. The first-order valence-electron chi connectivity index (χ1n) is 6.00. The Hall–Kier alpha value is -1.15. The first-order chi connectivity index (χ1) is 7.72. The van der Waals surface area contributed by atoms with Gasteiger partial charge in [-0.25, -0.2) is 0 Å². The van der Waals surface area contributed by atoms with Gasteiger partial charge in [0, 0.05) is 12.1 Å². The summed E-state index contributed by atoms with van der Waals surface area (Å²) in [6, 6.07) is 6.19. The molecule has 0 fully saturated rings. The van der Waals surface area contributed by atoms with Gasteiger partial charge in [0.05, 0.1) is 0 Å². The second-order valence-corrected chi connectivity index (χ2v) is 4.62. The number of benzene rings is 1. The molecular weight excluding hydrogens is 198 g/mol. The van der Waals surface area contributed by atoms with E-state index in [-0.39, 0.29) is 5.78 Å². The van der Waals surface area contributed by atoms with Gasteiger partial charge in [0.2, 0.25) is 0 Å². The highest BCUT2D eigenvalue weighted by Crippen LogP contribution is 2.31. The summed E-state index contributed by atoms with van der Waals surface area (Å²) in [5, 5.41) is 3.24. The van der Waals surface area contributed by atoms with Crippen molar-refractivity contribution < 1.29 is 4.79 Å². The van der Waals surface area contributed by atoms with Crippen LogP contribution in [0.4, 0.5) is 0 Å². The minimum atomic E-state index is 0.164. The predicted molar refractivity (Wildman–Crippen MR) is 66.1 cm³/mol. The van der Waals surface area contributed by atoms with Crippen molar-refractivity contribution in [2.24, 2.45) is 0 Å². The van der Waals surface area contributed by atoms with Crippen LogP contribution in [0.1, 0.15) is 47.2 Å². The third-order valence-electron chi connectivity index (χ3n) is 3.44. The first kappa shape index (κ1) is 11.3. The number of ketones is 1. The molecule has 0 radical (unpaired) electrons. The molecule has 86 valence electrons. The van der Waals surface area contributed by atoms with Crippen LogP contribution in [0.5, 0.6) is 0 Å². The molecule has 2 rings (SSSR count). The molecule has 1 aromatic rings. The maximum atomic E-state index is 11.4. The minimum absolute atomic E-state index is 0.164. The summed E-state index contributed by atoms with van der Waals surface area (Å²) in [5.74, 6) is 0.740. The standard InChI is InChI=1S/C14H19NO/c1-10(16)12-7-6-11-4-3-5-13(9-15-2)14(11)8-12/h6-8,13,15H,3-5,9H2,1-2H3/t13-/m1/s1. The average molecular weight is 217 g/mol. The molecule has 0 bridgehead atoms. The van der Waals surface area contributed by atoms with Crippen molar-refractivity contribution in [2.45, 2.75) is 32.1 Å². The first-order valence-corrected chi connectivity index (χ1v) is 6.00. The van der Waals surface area contributed by atoms with Gasteiger partial charge in [-0.3, -0.25) is 4.79 Å². The Morgan fingerprint density at radius 3 is 3.00 bits per heavy atom. The zero-order chi connectivity index (χ0) is 11.5.